The highest BCUT2D eigenvalue weighted by Gasteiger charge is 2.48. The minimum Gasteiger partial charge on any atom is -0.0996 e. The third-order valence-corrected chi connectivity index (χ3v) is 4.31. The van der Waals surface area contributed by atoms with Crippen molar-refractivity contribution in [2.45, 2.75) is 58.3 Å². The van der Waals surface area contributed by atoms with Gasteiger partial charge in [0.2, 0.25) is 0 Å². The van der Waals surface area contributed by atoms with E-state index in [1.54, 1.807) is 5.57 Å². The number of hydrogen-bond donors (Lipinski definition) is 0. The van der Waals surface area contributed by atoms with Crippen LogP contribution in [0.15, 0.2) is 12.2 Å². The van der Waals surface area contributed by atoms with Gasteiger partial charge in [0.1, 0.15) is 0 Å². The lowest BCUT2D eigenvalue weighted by molar-refractivity contribution is 0.530. The van der Waals surface area contributed by atoms with Crippen molar-refractivity contribution in [3.8, 4) is 0 Å². The minimum atomic E-state index is 0.929. The molecule has 0 aromatic carbocycles. The Morgan fingerprint density at radius 3 is 2.64 bits per heavy atom. The average molecular weight is 192 g/mol. The smallest absolute Gasteiger partial charge is 0.0144 e. The fourth-order valence-corrected chi connectivity index (χ4v) is 3.43. The zero-order chi connectivity index (χ0) is 9.97. The molecule has 2 saturated carbocycles. The molecule has 0 aliphatic heterocycles. The molecule has 0 amide bonds. The first kappa shape index (κ1) is 10.3. The third-order valence-electron chi connectivity index (χ3n) is 4.31. The molecule has 0 spiro atoms. The van der Waals surface area contributed by atoms with Crippen LogP contribution in [-0.4, -0.2) is 0 Å². The molecule has 0 radical (unpaired) electrons. The van der Waals surface area contributed by atoms with E-state index in [9.17, 15) is 0 Å². The van der Waals surface area contributed by atoms with Crippen LogP contribution in [0.5, 0.6) is 0 Å². The van der Waals surface area contributed by atoms with E-state index < -0.39 is 0 Å². The van der Waals surface area contributed by atoms with Gasteiger partial charge < -0.3 is 0 Å². The van der Waals surface area contributed by atoms with Crippen LogP contribution in [0, 0.1) is 17.8 Å². The van der Waals surface area contributed by atoms with E-state index in [1.165, 1.54) is 51.4 Å². The van der Waals surface area contributed by atoms with Crippen LogP contribution in [0.25, 0.3) is 0 Å². The van der Waals surface area contributed by atoms with Crippen LogP contribution in [0.2, 0.25) is 0 Å². The first-order valence-electron chi connectivity index (χ1n) is 6.52. The van der Waals surface area contributed by atoms with Crippen molar-refractivity contribution in [3.63, 3.8) is 0 Å². The van der Waals surface area contributed by atoms with E-state index in [0.29, 0.717) is 0 Å². The molecule has 2 fully saturated rings. The topological polar surface area (TPSA) is 0 Å². The summed E-state index contributed by atoms with van der Waals surface area (Å²) in [6.45, 7) is 6.66. The molecule has 2 aliphatic carbocycles. The van der Waals surface area contributed by atoms with Crippen molar-refractivity contribution in [1.29, 1.82) is 0 Å². The van der Waals surface area contributed by atoms with E-state index in [-0.39, 0.29) is 0 Å². The third kappa shape index (κ3) is 2.04. The van der Waals surface area contributed by atoms with Crippen molar-refractivity contribution in [3.05, 3.63) is 12.2 Å². The van der Waals surface area contributed by atoms with Gasteiger partial charge in [-0.25, -0.2) is 0 Å². The number of fused-ring (bicyclic) bond motifs is 1. The van der Waals surface area contributed by atoms with E-state index >= 15 is 0 Å². The Hall–Kier alpha value is -0.260. The predicted molar refractivity (Wildman–Crippen MR) is 62.2 cm³/mol. The quantitative estimate of drug-likeness (QED) is 0.534. The number of hydrogen-bond acceptors (Lipinski definition) is 0. The fraction of sp³-hybridized carbons (Fsp3) is 0.857. The van der Waals surface area contributed by atoms with Gasteiger partial charge in [0.05, 0.1) is 0 Å². The summed E-state index contributed by atoms with van der Waals surface area (Å²) in [4.78, 5) is 0. The second-order valence-electron chi connectivity index (χ2n) is 5.23. The van der Waals surface area contributed by atoms with Crippen molar-refractivity contribution >= 4 is 0 Å². The Kier molecular flexibility index (Phi) is 3.30. The summed E-state index contributed by atoms with van der Waals surface area (Å²) in [7, 11) is 0. The van der Waals surface area contributed by atoms with E-state index in [0.717, 1.165) is 17.8 Å². The zero-order valence-corrected chi connectivity index (χ0v) is 9.60. The average Bonchev–Trinajstić information content (AvgIpc) is 2.90. The molecule has 2 rings (SSSR count). The Morgan fingerprint density at radius 2 is 1.86 bits per heavy atom. The molecule has 0 bridgehead atoms. The highest BCUT2D eigenvalue weighted by molar-refractivity contribution is 5.16. The molecule has 0 nitrogen and oxygen atoms in total. The van der Waals surface area contributed by atoms with Crippen LogP contribution in [0.1, 0.15) is 58.3 Å². The van der Waals surface area contributed by atoms with Gasteiger partial charge in [0.25, 0.3) is 0 Å². The van der Waals surface area contributed by atoms with Crippen LogP contribution in [0.4, 0.5) is 0 Å². The van der Waals surface area contributed by atoms with E-state index in [2.05, 4.69) is 13.5 Å². The normalized spacial score (nSPS) is 38.9. The van der Waals surface area contributed by atoms with Gasteiger partial charge >= 0.3 is 0 Å². The van der Waals surface area contributed by atoms with Gasteiger partial charge in [-0.3, -0.25) is 0 Å². The van der Waals surface area contributed by atoms with Crippen LogP contribution in [0.3, 0.4) is 0 Å². The molecule has 80 valence electrons. The van der Waals surface area contributed by atoms with Crippen molar-refractivity contribution in [2.75, 3.05) is 0 Å². The van der Waals surface area contributed by atoms with Crippen molar-refractivity contribution < 1.29 is 0 Å². The second kappa shape index (κ2) is 4.51. The summed E-state index contributed by atoms with van der Waals surface area (Å²) >= 11 is 0. The summed E-state index contributed by atoms with van der Waals surface area (Å²) in [5.74, 6) is 2.98. The first-order chi connectivity index (χ1) is 6.84. The fourth-order valence-electron chi connectivity index (χ4n) is 3.43. The minimum absolute atomic E-state index is 0.929. The van der Waals surface area contributed by atoms with Gasteiger partial charge in [-0.05, 0) is 37.0 Å². The number of allylic oxidation sites excluding steroid dienone is 1. The summed E-state index contributed by atoms with van der Waals surface area (Å²) < 4.78 is 0. The monoisotopic (exact) mass is 192 g/mol. The molecule has 3 atom stereocenters. The van der Waals surface area contributed by atoms with Gasteiger partial charge in [-0.15, -0.1) is 0 Å². The molecule has 0 N–H and O–H groups in total. The Labute approximate surface area is 88.8 Å². The second-order valence-corrected chi connectivity index (χ2v) is 5.23. The molecule has 2 aliphatic rings. The maximum Gasteiger partial charge on any atom is -0.0144 e. The Bertz CT molecular complexity index is 204. The van der Waals surface area contributed by atoms with E-state index in [4.69, 9.17) is 0 Å². The summed E-state index contributed by atoms with van der Waals surface area (Å²) in [5, 5.41) is 0. The molecule has 3 unspecified atom stereocenters. The maximum atomic E-state index is 4.31. The van der Waals surface area contributed by atoms with Gasteiger partial charge in [0, 0.05) is 0 Å². The van der Waals surface area contributed by atoms with Gasteiger partial charge in [0.15, 0.2) is 0 Å². The van der Waals surface area contributed by atoms with Crippen LogP contribution in [-0.2, 0) is 0 Å². The molecule has 0 heterocycles. The molecular weight excluding hydrogens is 168 g/mol. The summed E-state index contributed by atoms with van der Waals surface area (Å²) in [6, 6.07) is 0. The SMILES string of the molecule is C=C1CCCCCCCC2C(CC)C12. The summed E-state index contributed by atoms with van der Waals surface area (Å²) in [5.41, 5.74) is 1.59. The lowest BCUT2D eigenvalue weighted by Gasteiger charge is -2.08. The predicted octanol–water partition coefficient (Wildman–Crippen LogP) is 4.56. The molecule has 0 aromatic rings. The largest absolute Gasteiger partial charge is 0.0996 e. The van der Waals surface area contributed by atoms with Crippen molar-refractivity contribution in [1.82, 2.24) is 0 Å². The summed E-state index contributed by atoms with van der Waals surface area (Å²) in [6.07, 6.45) is 11.4. The Morgan fingerprint density at radius 1 is 1.14 bits per heavy atom. The maximum absolute atomic E-state index is 4.31. The van der Waals surface area contributed by atoms with Gasteiger partial charge in [-0.2, -0.15) is 0 Å². The molecule has 0 saturated heterocycles. The molecule has 0 aromatic heterocycles. The van der Waals surface area contributed by atoms with Gasteiger partial charge in [-0.1, -0.05) is 51.2 Å². The highest BCUT2D eigenvalue weighted by Crippen LogP contribution is 2.56. The standard InChI is InChI=1S/C14H24/c1-3-12-13-10-8-6-4-5-7-9-11(2)14(12)13/h12-14H,2-10H2,1H3. The Balaban J connectivity index is 1.92. The van der Waals surface area contributed by atoms with Crippen LogP contribution >= 0.6 is 0 Å². The van der Waals surface area contributed by atoms with Crippen LogP contribution < -0.4 is 0 Å². The molecule has 14 heavy (non-hydrogen) atoms. The lowest BCUT2D eigenvalue weighted by atomic mass is 9.98. The molecular formula is C14H24. The van der Waals surface area contributed by atoms with Crippen molar-refractivity contribution in [2.24, 2.45) is 17.8 Å². The zero-order valence-electron chi connectivity index (χ0n) is 9.60. The first-order valence-corrected chi connectivity index (χ1v) is 6.52. The molecule has 0 heteroatoms. The number of rotatable bonds is 1. The lowest BCUT2D eigenvalue weighted by Crippen LogP contribution is -1.92. The highest BCUT2D eigenvalue weighted by atomic mass is 14.5. The van der Waals surface area contributed by atoms with E-state index in [1.807, 2.05) is 0 Å².